The summed E-state index contributed by atoms with van der Waals surface area (Å²) in [7, 11) is 0. The normalized spacial score (nSPS) is 15.6. The maximum Gasteiger partial charge on any atom is 0.157 e. The second-order valence-corrected chi connectivity index (χ2v) is 7.17. The van der Waals surface area contributed by atoms with Crippen molar-refractivity contribution in [2.24, 2.45) is 0 Å². The summed E-state index contributed by atoms with van der Waals surface area (Å²) >= 11 is 0. The summed E-state index contributed by atoms with van der Waals surface area (Å²) in [6.07, 6.45) is 1.84. The minimum absolute atomic E-state index is 0.192. The lowest BCUT2D eigenvalue weighted by Gasteiger charge is -2.28. The fourth-order valence-corrected chi connectivity index (χ4v) is 3.52. The highest BCUT2D eigenvalue weighted by atomic mass is 19.1. The van der Waals surface area contributed by atoms with Gasteiger partial charge in [0.2, 0.25) is 0 Å². The lowest BCUT2D eigenvalue weighted by atomic mass is 10.0. The summed E-state index contributed by atoms with van der Waals surface area (Å²) < 4.78 is 20.0. The first-order valence-corrected chi connectivity index (χ1v) is 9.52. The van der Waals surface area contributed by atoms with E-state index in [4.69, 9.17) is 4.74 Å². The van der Waals surface area contributed by atoms with Gasteiger partial charge in [0.15, 0.2) is 5.82 Å². The van der Waals surface area contributed by atoms with E-state index in [9.17, 15) is 4.39 Å². The molecule has 0 radical (unpaired) electrons. The molecule has 1 fully saturated rings. The van der Waals surface area contributed by atoms with Crippen LogP contribution in [0.3, 0.4) is 0 Å². The van der Waals surface area contributed by atoms with Crippen LogP contribution in [0.2, 0.25) is 0 Å². The van der Waals surface area contributed by atoms with Gasteiger partial charge < -0.3 is 15.0 Å². The number of aryl methyl sites for hydroxylation is 2. The Balaban J connectivity index is 1.71. The minimum Gasteiger partial charge on any atom is -0.378 e. The van der Waals surface area contributed by atoms with E-state index < -0.39 is 0 Å². The summed E-state index contributed by atoms with van der Waals surface area (Å²) in [5.74, 6) is 1.33. The van der Waals surface area contributed by atoms with Crippen LogP contribution in [0, 0.1) is 19.7 Å². The fraction of sp³-hybridized carbons (Fsp3) is 0.381. The molecule has 1 aliphatic heterocycles. The molecule has 28 heavy (non-hydrogen) atoms. The van der Waals surface area contributed by atoms with Gasteiger partial charge in [0.05, 0.1) is 24.9 Å². The van der Waals surface area contributed by atoms with Crippen LogP contribution < -0.4 is 10.2 Å². The van der Waals surface area contributed by atoms with Crippen molar-refractivity contribution in [1.29, 1.82) is 0 Å². The standard InChI is InChI=1S/C21H24FN5O/c1-13-5-4-6-16(20(13)22)14(2)24-21-17-11-19(27-7-9-28-10-8-27)23-12-18(17)15(3)25-26-21/h4-6,11-12,14H,7-10H2,1-3H3,(H,24,26)/t14-/m1/s1. The molecule has 0 amide bonds. The van der Waals surface area contributed by atoms with Gasteiger partial charge in [0, 0.05) is 35.6 Å². The van der Waals surface area contributed by atoms with Crippen molar-refractivity contribution in [3.8, 4) is 0 Å². The van der Waals surface area contributed by atoms with E-state index in [0.29, 0.717) is 30.2 Å². The van der Waals surface area contributed by atoms with Crippen LogP contribution in [0.5, 0.6) is 0 Å². The van der Waals surface area contributed by atoms with Crippen molar-refractivity contribution in [3.05, 3.63) is 53.1 Å². The van der Waals surface area contributed by atoms with Gasteiger partial charge in [-0.1, -0.05) is 18.2 Å². The topological polar surface area (TPSA) is 63.2 Å². The number of nitrogens with zero attached hydrogens (tertiary/aromatic N) is 4. The Morgan fingerprint density at radius 3 is 2.71 bits per heavy atom. The predicted molar refractivity (Wildman–Crippen MR) is 108 cm³/mol. The number of fused-ring (bicyclic) bond motifs is 1. The third kappa shape index (κ3) is 3.49. The molecule has 0 bridgehead atoms. The average Bonchev–Trinajstić information content (AvgIpc) is 2.72. The summed E-state index contributed by atoms with van der Waals surface area (Å²) in [6, 6.07) is 7.22. The number of hydrogen-bond donors (Lipinski definition) is 1. The van der Waals surface area contributed by atoms with Crippen LogP contribution in [-0.4, -0.2) is 41.5 Å². The smallest absolute Gasteiger partial charge is 0.157 e. The molecule has 0 aliphatic carbocycles. The molecule has 0 spiro atoms. The lowest BCUT2D eigenvalue weighted by molar-refractivity contribution is 0.122. The quantitative estimate of drug-likeness (QED) is 0.742. The molecular weight excluding hydrogens is 357 g/mol. The number of morpholine rings is 1. The van der Waals surface area contributed by atoms with Crippen LogP contribution in [0.1, 0.15) is 29.8 Å². The number of ether oxygens (including phenoxy) is 1. The molecule has 7 heteroatoms. The Morgan fingerprint density at radius 1 is 1.14 bits per heavy atom. The first-order valence-electron chi connectivity index (χ1n) is 9.52. The fourth-order valence-electron chi connectivity index (χ4n) is 3.52. The number of hydrogen-bond acceptors (Lipinski definition) is 6. The molecule has 3 heterocycles. The molecule has 146 valence electrons. The van der Waals surface area contributed by atoms with Crippen LogP contribution in [0.15, 0.2) is 30.5 Å². The van der Waals surface area contributed by atoms with Crippen molar-refractivity contribution in [1.82, 2.24) is 15.2 Å². The van der Waals surface area contributed by atoms with Gasteiger partial charge in [-0.15, -0.1) is 5.10 Å². The van der Waals surface area contributed by atoms with Gasteiger partial charge in [-0.25, -0.2) is 9.37 Å². The van der Waals surface area contributed by atoms with Gasteiger partial charge in [-0.2, -0.15) is 5.10 Å². The minimum atomic E-state index is -0.250. The van der Waals surface area contributed by atoms with Crippen molar-refractivity contribution < 1.29 is 9.13 Å². The summed E-state index contributed by atoms with van der Waals surface area (Å²) in [5, 5.41) is 13.8. The predicted octanol–water partition coefficient (Wildman–Crippen LogP) is 3.79. The molecule has 1 aromatic carbocycles. The van der Waals surface area contributed by atoms with E-state index >= 15 is 0 Å². The largest absolute Gasteiger partial charge is 0.378 e. The SMILES string of the molecule is Cc1cccc([C@@H](C)Nc2nnc(C)c3cnc(N4CCOCC4)cc23)c1F. The van der Waals surface area contributed by atoms with Crippen molar-refractivity contribution in [2.75, 3.05) is 36.5 Å². The number of pyridine rings is 1. The monoisotopic (exact) mass is 381 g/mol. The highest BCUT2D eigenvalue weighted by Crippen LogP contribution is 2.29. The number of nitrogens with one attached hydrogen (secondary N) is 1. The molecule has 0 saturated carbocycles. The Morgan fingerprint density at radius 2 is 1.93 bits per heavy atom. The molecule has 0 unspecified atom stereocenters. The average molecular weight is 381 g/mol. The van der Waals surface area contributed by atoms with Gasteiger partial charge in [0.25, 0.3) is 0 Å². The molecule has 3 aromatic rings. The van der Waals surface area contributed by atoms with Crippen LogP contribution in [0.25, 0.3) is 10.8 Å². The highest BCUT2D eigenvalue weighted by Gasteiger charge is 2.18. The van der Waals surface area contributed by atoms with Gasteiger partial charge in [-0.05, 0) is 32.4 Å². The van der Waals surface area contributed by atoms with Crippen LogP contribution >= 0.6 is 0 Å². The zero-order valence-electron chi connectivity index (χ0n) is 16.4. The van der Waals surface area contributed by atoms with E-state index in [1.807, 2.05) is 32.2 Å². The second-order valence-electron chi connectivity index (χ2n) is 7.17. The molecule has 6 nitrogen and oxygen atoms in total. The zero-order chi connectivity index (χ0) is 19.7. The molecule has 2 aromatic heterocycles. The van der Waals surface area contributed by atoms with Crippen LogP contribution in [0.4, 0.5) is 16.0 Å². The zero-order valence-corrected chi connectivity index (χ0v) is 16.4. The van der Waals surface area contributed by atoms with E-state index in [2.05, 4.69) is 25.4 Å². The second kappa shape index (κ2) is 7.67. The number of rotatable bonds is 4. The Kier molecular flexibility index (Phi) is 5.09. The number of benzene rings is 1. The maximum absolute atomic E-state index is 14.5. The Labute approximate surface area is 163 Å². The van der Waals surface area contributed by atoms with E-state index in [1.165, 1.54) is 0 Å². The van der Waals surface area contributed by atoms with Gasteiger partial charge >= 0.3 is 0 Å². The molecule has 1 atom stereocenters. The molecule has 1 N–H and O–H groups in total. The molecule has 4 rings (SSSR count). The van der Waals surface area contributed by atoms with Crippen molar-refractivity contribution in [3.63, 3.8) is 0 Å². The molecule has 1 aliphatic rings. The first kappa shape index (κ1) is 18.6. The summed E-state index contributed by atoms with van der Waals surface area (Å²) in [5.41, 5.74) is 2.05. The van der Waals surface area contributed by atoms with Crippen LogP contribution in [-0.2, 0) is 4.74 Å². The van der Waals surface area contributed by atoms with Crippen molar-refractivity contribution in [2.45, 2.75) is 26.8 Å². The number of aromatic nitrogens is 3. The molecular formula is C21H24FN5O. The number of halogens is 1. The number of anilines is 2. The van der Waals surface area contributed by atoms with E-state index in [1.54, 1.807) is 19.1 Å². The lowest BCUT2D eigenvalue weighted by Crippen LogP contribution is -2.36. The first-order chi connectivity index (χ1) is 13.5. The third-order valence-corrected chi connectivity index (χ3v) is 5.21. The molecule has 1 saturated heterocycles. The summed E-state index contributed by atoms with van der Waals surface area (Å²) in [4.78, 5) is 6.81. The highest BCUT2D eigenvalue weighted by molar-refractivity contribution is 5.94. The Hall–Kier alpha value is -2.80. The van der Waals surface area contributed by atoms with E-state index in [0.717, 1.165) is 35.4 Å². The van der Waals surface area contributed by atoms with Crippen molar-refractivity contribution >= 4 is 22.4 Å². The summed E-state index contributed by atoms with van der Waals surface area (Å²) in [6.45, 7) is 8.62. The third-order valence-electron chi connectivity index (χ3n) is 5.21. The Bertz CT molecular complexity index is 1000. The van der Waals surface area contributed by atoms with Gasteiger partial charge in [-0.3, -0.25) is 0 Å². The maximum atomic E-state index is 14.5. The van der Waals surface area contributed by atoms with E-state index in [-0.39, 0.29) is 11.9 Å². The van der Waals surface area contributed by atoms with Gasteiger partial charge in [0.1, 0.15) is 11.6 Å².